The number of nitrogens with zero attached hydrogens (tertiary/aromatic N) is 7. The highest BCUT2D eigenvalue weighted by molar-refractivity contribution is 7.15. The topological polar surface area (TPSA) is 111 Å². The molecule has 4 aromatic rings. The zero-order valence-electron chi connectivity index (χ0n) is 22.1. The molecule has 1 N–H and O–H groups in total. The van der Waals surface area contributed by atoms with Crippen LogP contribution in [0.1, 0.15) is 59.2 Å². The molecule has 1 aliphatic heterocycles. The van der Waals surface area contributed by atoms with Gasteiger partial charge in [0.1, 0.15) is 17.3 Å². The van der Waals surface area contributed by atoms with E-state index in [1.165, 1.54) is 36.9 Å². The van der Waals surface area contributed by atoms with E-state index in [1.54, 1.807) is 12.3 Å². The van der Waals surface area contributed by atoms with Crippen LogP contribution in [0.4, 0.5) is 19.7 Å². The van der Waals surface area contributed by atoms with Crippen molar-refractivity contribution in [3.05, 3.63) is 59.5 Å². The number of hydrogen-bond acceptors (Lipinski definition) is 9. The number of pyridine rings is 2. The Morgan fingerprint density at radius 2 is 1.95 bits per heavy atom. The SMILES string of the molecule is COc1cnc(C(F)F)cc1-c1cc(N2CCC(n3ccnc3)CC2)ncc1C(=O)Nc1nnc(C#CC2CC2)s1. The van der Waals surface area contributed by atoms with Gasteiger partial charge in [0.25, 0.3) is 12.3 Å². The zero-order chi connectivity index (χ0) is 28.3. The molecule has 0 aromatic carbocycles. The van der Waals surface area contributed by atoms with Crippen LogP contribution in [0.25, 0.3) is 11.1 Å². The minimum atomic E-state index is -2.79. The second-order valence-corrected chi connectivity index (χ2v) is 10.8. The van der Waals surface area contributed by atoms with Gasteiger partial charge >= 0.3 is 0 Å². The van der Waals surface area contributed by atoms with Crippen LogP contribution in [0.5, 0.6) is 5.75 Å². The van der Waals surface area contributed by atoms with Crippen molar-refractivity contribution in [2.45, 2.75) is 38.2 Å². The first kappa shape index (κ1) is 26.8. The van der Waals surface area contributed by atoms with Crippen molar-refractivity contribution in [1.29, 1.82) is 0 Å². The maximum Gasteiger partial charge on any atom is 0.280 e. The minimum Gasteiger partial charge on any atom is -0.494 e. The summed E-state index contributed by atoms with van der Waals surface area (Å²) in [4.78, 5) is 28.2. The molecule has 0 spiro atoms. The van der Waals surface area contributed by atoms with Gasteiger partial charge in [0.05, 0.1) is 25.2 Å². The van der Waals surface area contributed by atoms with Crippen molar-refractivity contribution >= 4 is 28.2 Å². The Labute approximate surface area is 238 Å². The number of carbonyl (C=O) groups is 1. The highest BCUT2D eigenvalue weighted by atomic mass is 32.1. The van der Waals surface area contributed by atoms with E-state index in [-0.39, 0.29) is 16.4 Å². The fourth-order valence-electron chi connectivity index (χ4n) is 4.73. The molecule has 1 aliphatic carbocycles. The van der Waals surface area contributed by atoms with E-state index < -0.39 is 18.0 Å². The number of amides is 1. The first-order valence-electron chi connectivity index (χ1n) is 13.2. The molecular formula is C28H26F2N8O2S. The molecule has 1 saturated heterocycles. The molecule has 2 aliphatic rings. The van der Waals surface area contributed by atoms with Crippen LogP contribution in [0.3, 0.4) is 0 Å². The van der Waals surface area contributed by atoms with Crippen LogP contribution in [0.2, 0.25) is 0 Å². The van der Waals surface area contributed by atoms with Crippen molar-refractivity contribution in [1.82, 2.24) is 29.7 Å². The van der Waals surface area contributed by atoms with Gasteiger partial charge in [-0.05, 0) is 43.7 Å². The first-order chi connectivity index (χ1) is 20.0. The summed E-state index contributed by atoms with van der Waals surface area (Å²) in [5.74, 6) is 6.91. The monoisotopic (exact) mass is 576 g/mol. The third-order valence-electron chi connectivity index (χ3n) is 7.10. The summed E-state index contributed by atoms with van der Waals surface area (Å²) in [5.41, 5.74) is 0.457. The largest absolute Gasteiger partial charge is 0.494 e. The highest BCUT2D eigenvalue weighted by Crippen LogP contribution is 2.37. The number of piperidine rings is 1. The Balaban J connectivity index is 1.31. The number of rotatable bonds is 7. The molecule has 1 amide bonds. The number of halogens is 2. The molecule has 0 bridgehead atoms. The Morgan fingerprint density at radius 1 is 1.12 bits per heavy atom. The van der Waals surface area contributed by atoms with Crippen LogP contribution in [-0.2, 0) is 0 Å². The fraction of sp³-hybridized carbons (Fsp3) is 0.357. The van der Waals surface area contributed by atoms with Gasteiger partial charge in [-0.15, -0.1) is 10.2 Å². The lowest BCUT2D eigenvalue weighted by Gasteiger charge is -2.33. The molecule has 5 heterocycles. The lowest BCUT2D eigenvalue weighted by atomic mass is 9.99. The summed E-state index contributed by atoms with van der Waals surface area (Å²) in [6.45, 7) is 1.46. The number of carbonyl (C=O) groups excluding carboxylic acids is 1. The quantitative estimate of drug-likeness (QED) is 0.306. The number of hydrogen-bond donors (Lipinski definition) is 1. The van der Waals surface area contributed by atoms with Crippen molar-refractivity contribution in [3.8, 4) is 28.7 Å². The number of methoxy groups -OCH3 is 1. The average Bonchev–Trinajstić information content (AvgIpc) is 3.45. The highest BCUT2D eigenvalue weighted by Gasteiger charge is 2.25. The Bertz CT molecular complexity index is 1600. The fourth-order valence-corrected chi connectivity index (χ4v) is 5.33. The summed E-state index contributed by atoms with van der Waals surface area (Å²) in [5, 5.41) is 11.6. The van der Waals surface area contributed by atoms with Crippen LogP contribution in [-0.4, -0.2) is 55.8 Å². The molecule has 0 unspecified atom stereocenters. The van der Waals surface area contributed by atoms with Gasteiger partial charge in [-0.25, -0.2) is 18.7 Å². The van der Waals surface area contributed by atoms with Gasteiger partial charge in [-0.1, -0.05) is 17.3 Å². The van der Waals surface area contributed by atoms with Gasteiger partial charge in [-0.3, -0.25) is 15.1 Å². The molecule has 6 rings (SSSR count). The molecule has 13 heteroatoms. The molecule has 2 fully saturated rings. The third-order valence-corrected chi connectivity index (χ3v) is 7.85. The summed E-state index contributed by atoms with van der Waals surface area (Å²) in [6, 6.07) is 3.32. The van der Waals surface area contributed by atoms with Crippen LogP contribution in [0, 0.1) is 17.8 Å². The van der Waals surface area contributed by atoms with E-state index in [2.05, 4.69) is 51.8 Å². The maximum atomic E-state index is 13.7. The van der Waals surface area contributed by atoms with Crippen molar-refractivity contribution in [2.24, 2.45) is 5.92 Å². The number of imidazole rings is 1. The molecule has 0 radical (unpaired) electrons. The van der Waals surface area contributed by atoms with Crippen molar-refractivity contribution in [2.75, 3.05) is 30.4 Å². The average molecular weight is 577 g/mol. The van der Waals surface area contributed by atoms with E-state index >= 15 is 0 Å². The summed E-state index contributed by atoms with van der Waals surface area (Å²) < 4.78 is 34.9. The van der Waals surface area contributed by atoms with E-state index in [9.17, 15) is 13.6 Å². The molecule has 0 atom stereocenters. The summed E-state index contributed by atoms with van der Waals surface area (Å²) >= 11 is 1.17. The number of nitrogens with one attached hydrogen (secondary N) is 1. The van der Waals surface area contributed by atoms with E-state index in [0.29, 0.717) is 33.9 Å². The second-order valence-electron chi connectivity index (χ2n) is 9.84. The summed E-state index contributed by atoms with van der Waals surface area (Å²) in [6.07, 6.45) is 9.40. The maximum absolute atomic E-state index is 13.7. The van der Waals surface area contributed by atoms with Crippen LogP contribution in [0.15, 0.2) is 43.2 Å². The lowest BCUT2D eigenvalue weighted by molar-refractivity contribution is 0.102. The second kappa shape index (κ2) is 11.6. The third kappa shape index (κ3) is 6.02. The van der Waals surface area contributed by atoms with Gasteiger partial charge in [-0.2, -0.15) is 0 Å². The molecule has 1 saturated carbocycles. The Kier molecular flexibility index (Phi) is 7.56. The molecule has 4 aromatic heterocycles. The van der Waals surface area contributed by atoms with Gasteiger partial charge < -0.3 is 14.2 Å². The number of alkyl halides is 2. The molecular weight excluding hydrogens is 550 g/mol. The van der Waals surface area contributed by atoms with E-state index in [0.717, 1.165) is 38.8 Å². The van der Waals surface area contributed by atoms with Crippen molar-refractivity contribution in [3.63, 3.8) is 0 Å². The van der Waals surface area contributed by atoms with Gasteiger partial charge in [0, 0.05) is 54.8 Å². The van der Waals surface area contributed by atoms with E-state index in [1.807, 2.05) is 12.5 Å². The number of aromatic nitrogens is 6. The molecule has 10 nitrogen and oxygen atoms in total. The smallest absolute Gasteiger partial charge is 0.280 e. The minimum absolute atomic E-state index is 0.174. The zero-order valence-corrected chi connectivity index (χ0v) is 22.9. The predicted octanol–water partition coefficient (Wildman–Crippen LogP) is 4.99. The summed E-state index contributed by atoms with van der Waals surface area (Å²) in [7, 11) is 1.43. The lowest BCUT2D eigenvalue weighted by Crippen LogP contribution is -2.35. The predicted molar refractivity (Wildman–Crippen MR) is 149 cm³/mol. The van der Waals surface area contributed by atoms with E-state index in [4.69, 9.17) is 4.74 Å². The number of anilines is 2. The normalized spacial score (nSPS) is 15.5. The Hall–Kier alpha value is -4.44. The molecule has 41 heavy (non-hydrogen) atoms. The number of ether oxygens (including phenoxy) is 1. The molecule has 210 valence electrons. The van der Waals surface area contributed by atoms with Gasteiger partial charge in [0.15, 0.2) is 5.01 Å². The Morgan fingerprint density at radius 3 is 2.66 bits per heavy atom. The van der Waals surface area contributed by atoms with Gasteiger partial charge in [0.2, 0.25) is 5.13 Å². The standard InChI is InChI=1S/C28H26F2N8O2S/c1-40-23-15-32-22(26(29)30)12-20(23)19-13-24(37-9-6-18(7-10-37)38-11-8-31-16-38)33-14-21(19)27(39)34-28-36-35-25(41-28)5-4-17-2-3-17/h8,11-18,26H,2-3,6-7,9-10H2,1H3,(H,34,36,39). The van der Waals surface area contributed by atoms with Crippen molar-refractivity contribution < 1.29 is 18.3 Å². The van der Waals surface area contributed by atoms with Crippen LogP contribution < -0.4 is 15.0 Å². The van der Waals surface area contributed by atoms with Crippen LogP contribution >= 0.6 is 11.3 Å². The first-order valence-corrected chi connectivity index (χ1v) is 14.0.